The van der Waals surface area contributed by atoms with E-state index in [0.717, 1.165) is 46.8 Å². The number of ketones is 2. The van der Waals surface area contributed by atoms with Gasteiger partial charge in [0.05, 0.1) is 0 Å². The lowest BCUT2D eigenvalue weighted by molar-refractivity contribution is -0.376. The molecule has 0 radical (unpaired) electrons. The van der Waals surface area contributed by atoms with Crippen molar-refractivity contribution in [3.8, 4) is 0 Å². The average Bonchev–Trinajstić information content (AvgIpc) is 3.78. The molecule has 2 aliphatic heterocycles. The van der Waals surface area contributed by atoms with Gasteiger partial charge in [-0.15, -0.1) is 0 Å². The topological polar surface area (TPSA) is 101 Å². The largest absolute Gasteiger partial charge is 0.430 e. The summed E-state index contributed by atoms with van der Waals surface area (Å²) in [4.78, 5) is 27.2. The Labute approximate surface area is 334 Å². The van der Waals surface area contributed by atoms with E-state index in [-0.39, 0.29) is 18.9 Å². The lowest BCUT2D eigenvalue weighted by Crippen LogP contribution is -2.53. The van der Waals surface area contributed by atoms with Gasteiger partial charge < -0.3 is 25.1 Å². The molecular formula is C41H36F12N2O5. The molecule has 7 nitrogen and oxygen atoms in total. The van der Waals surface area contributed by atoms with E-state index in [9.17, 15) is 72.5 Å². The maximum atomic E-state index is 13.0. The minimum absolute atomic E-state index is 0.0219. The van der Waals surface area contributed by atoms with Crippen molar-refractivity contribution in [3.63, 3.8) is 0 Å². The zero-order chi connectivity index (χ0) is 44.6. The molecule has 0 amide bonds. The summed E-state index contributed by atoms with van der Waals surface area (Å²) in [6.45, 7) is 2.79. The summed E-state index contributed by atoms with van der Waals surface area (Å²) < 4.78 is 156. The quantitative estimate of drug-likeness (QED) is 0.108. The molecule has 4 aromatic rings. The Morgan fingerprint density at radius 2 is 0.867 bits per heavy atom. The molecule has 0 unspecified atom stereocenters. The highest BCUT2D eigenvalue weighted by molar-refractivity contribution is 5.98. The van der Waals surface area contributed by atoms with Gasteiger partial charge in [-0.1, -0.05) is 55.5 Å². The van der Waals surface area contributed by atoms with E-state index in [1.807, 2.05) is 15.9 Å². The Balaban J connectivity index is 0.000000228. The van der Waals surface area contributed by atoms with Gasteiger partial charge in [0, 0.05) is 66.2 Å². The number of hydrogen-bond acceptors (Lipinski definition) is 7. The molecule has 60 heavy (non-hydrogen) atoms. The molecule has 6 rings (SSSR count). The van der Waals surface area contributed by atoms with E-state index in [2.05, 4.69) is 0 Å². The Hall–Kier alpha value is -5.14. The predicted molar refractivity (Wildman–Crippen MR) is 193 cm³/mol. The first-order chi connectivity index (χ1) is 27.8. The van der Waals surface area contributed by atoms with Crippen molar-refractivity contribution in [3.05, 3.63) is 129 Å². The summed E-state index contributed by atoms with van der Waals surface area (Å²) in [5, 5.41) is 27.9. The van der Waals surface area contributed by atoms with Crippen LogP contribution in [0.2, 0.25) is 0 Å². The Morgan fingerprint density at radius 3 is 1.17 bits per heavy atom. The predicted octanol–water partition coefficient (Wildman–Crippen LogP) is 8.89. The van der Waals surface area contributed by atoms with Crippen LogP contribution in [0.25, 0.3) is 0 Å². The first-order valence-corrected chi connectivity index (χ1v) is 18.1. The van der Waals surface area contributed by atoms with Crippen LogP contribution in [0.1, 0.15) is 67.4 Å². The second kappa shape index (κ2) is 16.7. The molecule has 3 N–H and O–H groups in total. The second-order valence-corrected chi connectivity index (χ2v) is 14.2. The van der Waals surface area contributed by atoms with E-state index in [1.165, 1.54) is 0 Å². The number of nitrogens with zero attached hydrogens (tertiary/aromatic N) is 2. The van der Waals surface area contributed by atoms with Crippen LogP contribution in [0, 0.1) is 0 Å². The fourth-order valence-electron chi connectivity index (χ4n) is 7.03. The van der Waals surface area contributed by atoms with Crippen molar-refractivity contribution in [2.45, 2.75) is 75.2 Å². The first-order valence-electron chi connectivity index (χ1n) is 18.1. The van der Waals surface area contributed by atoms with E-state index in [0.29, 0.717) is 78.9 Å². The molecule has 324 valence electrons. The molecule has 0 saturated carbocycles. The molecule has 0 aliphatic carbocycles. The van der Waals surface area contributed by atoms with Crippen LogP contribution in [0.5, 0.6) is 0 Å². The molecule has 0 aromatic heterocycles. The highest BCUT2D eigenvalue weighted by atomic mass is 19.4. The van der Waals surface area contributed by atoms with Crippen molar-refractivity contribution < 1.29 is 77.6 Å². The first kappa shape index (κ1) is 45.9. The van der Waals surface area contributed by atoms with Crippen LogP contribution in [-0.2, 0) is 37.1 Å². The number of aliphatic hydroxyl groups excluding tert-OH is 1. The zero-order valence-corrected chi connectivity index (χ0v) is 31.3. The third-order valence-electron chi connectivity index (χ3n) is 10.4. The molecular weight excluding hydrogens is 828 g/mol. The minimum Gasteiger partial charge on any atom is -0.388 e. The maximum Gasteiger partial charge on any atom is 0.430 e. The fraction of sp³-hybridized carbons (Fsp3) is 0.366. The van der Waals surface area contributed by atoms with Crippen molar-refractivity contribution in [1.29, 1.82) is 0 Å². The highest BCUT2D eigenvalue weighted by Crippen LogP contribution is 2.51. The van der Waals surface area contributed by atoms with Crippen molar-refractivity contribution >= 4 is 22.9 Å². The molecule has 2 aliphatic rings. The van der Waals surface area contributed by atoms with Gasteiger partial charge in [-0.2, -0.15) is 52.7 Å². The molecule has 0 spiro atoms. The zero-order valence-electron chi connectivity index (χ0n) is 31.3. The van der Waals surface area contributed by atoms with Gasteiger partial charge in [0.15, 0.2) is 11.6 Å². The van der Waals surface area contributed by atoms with Gasteiger partial charge in [0.1, 0.15) is 6.61 Å². The van der Waals surface area contributed by atoms with Gasteiger partial charge >= 0.3 is 24.7 Å². The van der Waals surface area contributed by atoms with Crippen molar-refractivity contribution in [2.75, 3.05) is 29.5 Å². The van der Waals surface area contributed by atoms with Gasteiger partial charge in [-0.05, 0) is 71.5 Å². The van der Waals surface area contributed by atoms with E-state index in [4.69, 9.17) is 5.11 Å². The van der Waals surface area contributed by atoms with E-state index >= 15 is 0 Å². The van der Waals surface area contributed by atoms with Crippen LogP contribution in [0.15, 0.2) is 84.9 Å². The molecule has 19 heteroatoms. The number of Topliss-reactive ketones (excluding diaryl/α,β-unsaturated/α-hetero) is 2. The normalized spacial score (nSPS) is 14.7. The minimum atomic E-state index is -5.93. The third-order valence-corrected chi connectivity index (χ3v) is 10.4. The average molecular weight is 865 g/mol. The smallest absolute Gasteiger partial charge is 0.388 e. The monoisotopic (exact) mass is 864 g/mol. The van der Waals surface area contributed by atoms with Crippen LogP contribution >= 0.6 is 0 Å². The van der Waals surface area contributed by atoms with Gasteiger partial charge in [0.2, 0.25) is 0 Å². The number of halogens is 12. The number of benzene rings is 4. The van der Waals surface area contributed by atoms with E-state index < -0.39 is 59.4 Å². The summed E-state index contributed by atoms with van der Waals surface area (Å²) in [5.41, 5.74) is -7.07. The standard InChI is InChI=1S/C21H19F6NO2.C20H17F6NO3/c1-2-18(29)15-5-8-17-14(11-15)9-10-28(17)12-13-3-6-16(7-4-13)19(30,20(22,23)24)21(25,26)27;21-19(22,23)18(30,20(24,25)26)15-4-1-12(2-5-15)10-27-8-7-13-9-14(17(29)11-28)3-6-16(13)27/h3-8,11,30H,2,9-10,12H2,1H3;1-6,9,28,30H,7-8,10-11H2. The number of rotatable bonds is 10. The van der Waals surface area contributed by atoms with Gasteiger partial charge in [-0.3, -0.25) is 9.59 Å². The molecule has 4 aromatic carbocycles. The number of aliphatic hydroxyl groups is 3. The summed E-state index contributed by atoms with van der Waals surface area (Å²) in [5.74, 6) is -0.401. The number of carbonyl (C=O) groups is 2. The van der Waals surface area contributed by atoms with Gasteiger partial charge in [0.25, 0.3) is 11.2 Å². The summed E-state index contributed by atoms with van der Waals surface area (Å²) in [6.07, 6.45) is -22.0. The molecule has 0 bridgehead atoms. The number of carbonyl (C=O) groups excluding carboxylic acids is 2. The number of fused-ring (bicyclic) bond motifs is 2. The van der Waals surface area contributed by atoms with Crippen molar-refractivity contribution in [1.82, 2.24) is 0 Å². The van der Waals surface area contributed by atoms with Crippen LogP contribution in [-0.4, -0.2) is 71.3 Å². The highest BCUT2D eigenvalue weighted by Gasteiger charge is 2.72. The molecule has 0 atom stereocenters. The third kappa shape index (κ3) is 8.83. The van der Waals surface area contributed by atoms with Gasteiger partial charge in [-0.25, -0.2) is 0 Å². The van der Waals surface area contributed by atoms with Crippen molar-refractivity contribution in [2.24, 2.45) is 0 Å². The number of anilines is 2. The summed E-state index contributed by atoms with van der Waals surface area (Å²) in [7, 11) is 0. The maximum absolute atomic E-state index is 13.0. The lowest BCUT2D eigenvalue weighted by atomic mass is 9.91. The number of hydrogen-bond donors (Lipinski definition) is 3. The fourth-order valence-corrected chi connectivity index (χ4v) is 7.03. The van der Waals surface area contributed by atoms with Crippen LogP contribution < -0.4 is 9.80 Å². The van der Waals surface area contributed by atoms with Crippen LogP contribution in [0.3, 0.4) is 0 Å². The van der Waals surface area contributed by atoms with Crippen LogP contribution in [0.4, 0.5) is 64.1 Å². The molecule has 2 heterocycles. The molecule has 0 saturated heterocycles. The molecule has 0 fully saturated rings. The SMILES string of the molecule is CCC(=O)c1ccc2c(c1)CCN2Cc1ccc(C(O)(C(F)(F)F)C(F)(F)F)cc1.O=C(CO)c1ccc2c(c1)CCN2Cc1ccc(C(O)(C(F)(F)F)C(F)(F)F)cc1. The Kier molecular flexibility index (Phi) is 12.8. The number of alkyl halides is 12. The lowest BCUT2D eigenvalue weighted by Gasteiger charge is -2.32. The van der Waals surface area contributed by atoms with E-state index in [1.54, 1.807) is 37.3 Å². The summed E-state index contributed by atoms with van der Waals surface area (Å²) >= 11 is 0. The Bertz CT molecular complexity index is 2000. The summed E-state index contributed by atoms with van der Waals surface area (Å²) in [6, 6.07) is 17.3. The second-order valence-electron chi connectivity index (χ2n) is 14.2. The Morgan fingerprint density at radius 1 is 0.533 bits per heavy atom.